The first kappa shape index (κ1) is 16.7. The number of benzene rings is 2. The van der Waals surface area contributed by atoms with Gasteiger partial charge in [0, 0.05) is 17.8 Å². The summed E-state index contributed by atoms with van der Waals surface area (Å²) in [7, 11) is 4.55. The molecule has 0 radical (unpaired) electrons. The van der Waals surface area contributed by atoms with Crippen LogP contribution in [-0.4, -0.2) is 27.2 Å². The first-order chi connectivity index (χ1) is 11.0. The molecule has 0 aromatic heterocycles. The predicted octanol–water partition coefficient (Wildman–Crippen LogP) is 3.58. The molecule has 122 valence electrons. The van der Waals surface area contributed by atoms with Gasteiger partial charge in [0.25, 0.3) is 5.91 Å². The Bertz CT molecular complexity index is 680. The van der Waals surface area contributed by atoms with Crippen molar-refractivity contribution >= 4 is 11.6 Å². The summed E-state index contributed by atoms with van der Waals surface area (Å²) in [5, 5.41) is 2.94. The molecule has 23 heavy (non-hydrogen) atoms. The summed E-state index contributed by atoms with van der Waals surface area (Å²) in [6.45, 7) is 3.90. The highest BCUT2D eigenvalue weighted by Gasteiger charge is 2.21. The maximum atomic E-state index is 12.8. The summed E-state index contributed by atoms with van der Waals surface area (Å²) in [6, 6.07) is 9.16. The highest BCUT2D eigenvalue weighted by atomic mass is 16.5. The van der Waals surface area contributed by atoms with E-state index in [4.69, 9.17) is 14.2 Å². The van der Waals surface area contributed by atoms with Gasteiger partial charge in [-0.1, -0.05) is 18.2 Å². The van der Waals surface area contributed by atoms with E-state index in [0.717, 1.165) is 16.8 Å². The Morgan fingerprint density at radius 2 is 1.43 bits per heavy atom. The minimum absolute atomic E-state index is 0.293. The van der Waals surface area contributed by atoms with Gasteiger partial charge in [0.1, 0.15) is 22.8 Å². The van der Waals surface area contributed by atoms with Crippen LogP contribution < -0.4 is 19.5 Å². The van der Waals surface area contributed by atoms with Crippen molar-refractivity contribution in [3.63, 3.8) is 0 Å². The zero-order valence-corrected chi connectivity index (χ0v) is 14.0. The number of rotatable bonds is 5. The molecule has 0 aliphatic rings. The Morgan fingerprint density at radius 3 is 1.87 bits per heavy atom. The quantitative estimate of drug-likeness (QED) is 0.916. The standard InChI is InChI=1S/C18H21NO4/c1-11-7-6-8-12(2)17(11)19-18(20)16-14(22-4)9-13(21-3)10-15(16)23-5/h6-10H,1-5H3,(H,19,20). The average molecular weight is 315 g/mol. The van der Waals surface area contributed by atoms with Crippen LogP contribution in [0.3, 0.4) is 0 Å². The number of amides is 1. The third-order valence-electron chi connectivity index (χ3n) is 3.66. The maximum absolute atomic E-state index is 12.8. The van der Waals surface area contributed by atoms with Crippen molar-refractivity contribution in [2.24, 2.45) is 0 Å². The van der Waals surface area contributed by atoms with E-state index in [0.29, 0.717) is 22.8 Å². The molecule has 0 saturated carbocycles. The Balaban J connectivity index is 2.46. The monoisotopic (exact) mass is 315 g/mol. The normalized spacial score (nSPS) is 10.1. The molecule has 2 aromatic rings. The Morgan fingerprint density at radius 1 is 0.913 bits per heavy atom. The molecule has 0 aliphatic heterocycles. The first-order valence-electron chi connectivity index (χ1n) is 7.19. The number of carbonyl (C=O) groups is 1. The van der Waals surface area contributed by atoms with Gasteiger partial charge < -0.3 is 19.5 Å². The number of hydrogen-bond acceptors (Lipinski definition) is 4. The van der Waals surface area contributed by atoms with E-state index in [1.165, 1.54) is 14.2 Å². The molecule has 2 rings (SSSR count). The van der Waals surface area contributed by atoms with E-state index in [2.05, 4.69) is 5.32 Å². The lowest BCUT2D eigenvalue weighted by Gasteiger charge is -2.16. The number of methoxy groups -OCH3 is 3. The number of aryl methyl sites for hydroxylation is 2. The maximum Gasteiger partial charge on any atom is 0.263 e. The Hall–Kier alpha value is -2.69. The highest BCUT2D eigenvalue weighted by Crippen LogP contribution is 2.35. The smallest absolute Gasteiger partial charge is 0.263 e. The predicted molar refractivity (Wildman–Crippen MR) is 90.0 cm³/mol. The lowest BCUT2D eigenvalue weighted by molar-refractivity contribution is 0.102. The fourth-order valence-corrected chi connectivity index (χ4v) is 2.42. The minimum Gasteiger partial charge on any atom is -0.496 e. The fraction of sp³-hybridized carbons (Fsp3) is 0.278. The van der Waals surface area contributed by atoms with Gasteiger partial charge in [-0.15, -0.1) is 0 Å². The number of nitrogens with one attached hydrogen (secondary N) is 1. The lowest BCUT2D eigenvalue weighted by Crippen LogP contribution is -2.16. The molecule has 0 saturated heterocycles. The first-order valence-corrected chi connectivity index (χ1v) is 7.19. The van der Waals surface area contributed by atoms with Crippen molar-refractivity contribution in [1.82, 2.24) is 0 Å². The van der Waals surface area contributed by atoms with Crippen molar-refractivity contribution in [3.05, 3.63) is 47.0 Å². The number of para-hydroxylation sites is 1. The number of ether oxygens (including phenoxy) is 3. The zero-order chi connectivity index (χ0) is 17.0. The van der Waals surface area contributed by atoms with E-state index in [-0.39, 0.29) is 5.91 Å². The summed E-state index contributed by atoms with van der Waals surface area (Å²) in [6.07, 6.45) is 0. The van der Waals surface area contributed by atoms with E-state index < -0.39 is 0 Å². The molecule has 0 fully saturated rings. The third kappa shape index (κ3) is 3.39. The second-order valence-corrected chi connectivity index (χ2v) is 5.13. The van der Waals surface area contributed by atoms with Crippen LogP contribution in [-0.2, 0) is 0 Å². The van der Waals surface area contributed by atoms with Gasteiger partial charge in [-0.3, -0.25) is 4.79 Å². The molecule has 0 atom stereocenters. The molecule has 0 spiro atoms. The van der Waals surface area contributed by atoms with Crippen molar-refractivity contribution in [2.75, 3.05) is 26.6 Å². The van der Waals surface area contributed by atoms with Crippen molar-refractivity contribution in [3.8, 4) is 17.2 Å². The molecule has 2 aromatic carbocycles. The molecular formula is C18H21NO4. The van der Waals surface area contributed by atoms with Gasteiger partial charge in [-0.05, 0) is 25.0 Å². The van der Waals surface area contributed by atoms with E-state index in [1.807, 2.05) is 32.0 Å². The zero-order valence-electron chi connectivity index (χ0n) is 14.0. The summed E-state index contributed by atoms with van der Waals surface area (Å²) in [5.41, 5.74) is 3.10. The SMILES string of the molecule is COc1cc(OC)c(C(=O)Nc2c(C)cccc2C)c(OC)c1. The van der Waals surface area contributed by atoms with Gasteiger partial charge in [-0.25, -0.2) is 0 Å². The Kier molecular flexibility index (Phi) is 5.11. The van der Waals surface area contributed by atoms with Crippen LogP contribution in [0.5, 0.6) is 17.2 Å². The van der Waals surface area contributed by atoms with Gasteiger partial charge in [-0.2, -0.15) is 0 Å². The number of hydrogen-bond donors (Lipinski definition) is 1. The van der Waals surface area contributed by atoms with Crippen LogP contribution in [0.2, 0.25) is 0 Å². The second kappa shape index (κ2) is 7.05. The molecule has 0 heterocycles. The minimum atomic E-state index is -0.293. The summed E-state index contributed by atoms with van der Waals surface area (Å²) in [5.74, 6) is 1.05. The molecule has 5 nitrogen and oxygen atoms in total. The van der Waals surface area contributed by atoms with Crippen molar-refractivity contribution in [2.45, 2.75) is 13.8 Å². The molecule has 1 amide bonds. The molecule has 1 N–H and O–H groups in total. The fourth-order valence-electron chi connectivity index (χ4n) is 2.42. The van der Waals surface area contributed by atoms with Crippen LogP contribution in [0.15, 0.2) is 30.3 Å². The van der Waals surface area contributed by atoms with E-state index in [1.54, 1.807) is 19.2 Å². The molecule has 5 heteroatoms. The summed E-state index contributed by atoms with van der Waals surface area (Å²) >= 11 is 0. The third-order valence-corrected chi connectivity index (χ3v) is 3.66. The molecular weight excluding hydrogens is 294 g/mol. The second-order valence-electron chi connectivity index (χ2n) is 5.13. The lowest BCUT2D eigenvalue weighted by atomic mass is 10.1. The van der Waals surface area contributed by atoms with Crippen LogP contribution in [0.4, 0.5) is 5.69 Å². The Labute approximate surface area is 136 Å². The van der Waals surface area contributed by atoms with Gasteiger partial charge in [0.2, 0.25) is 0 Å². The number of carbonyl (C=O) groups excluding carboxylic acids is 1. The van der Waals surface area contributed by atoms with Gasteiger partial charge in [0.05, 0.1) is 21.3 Å². The van der Waals surface area contributed by atoms with Crippen LogP contribution >= 0.6 is 0 Å². The van der Waals surface area contributed by atoms with Crippen LogP contribution in [0, 0.1) is 13.8 Å². The van der Waals surface area contributed by atoms with Crippen molar-refractivity contribution in [1.29, 1.82) is 0 Å². The molecule has 0 unspecified atom stereocenters. The van der Waals surface area contributed by atoms with Crippen LogP contribution in [0.1, 0.15) is 21.5 Å². The number of anilines is 1. The summed E-state index contributed by atoms with van der Waals surface area (Å²) in [4.78, 5) is 12.8. The van der Waals surface area contributed by atoms with Gasteiger partial charge >= 0.3 is 0 Å². The van der Waals surface area contributed by atoms with E-state index >= 15 is 0 Å². The molecule has 0 aliphatic carbocycles. The van der Waals surface area contributed by atoms with Gasteiger partial charge in [0.15, 0.2) is 0 Å². The van der Waals surface area contributed by atoms with Crippen LogP contribution in [0.25, 0.3) is 0 Å². The molecule has 0 bridgehead atoms. The average Bonchev–Trinajstić information content (AvgIpc) is 2.56. The largest absolute Gasteiger partial charge is 0.496 e. The summed E-state index contributed by atoms with van der Waals surface area (Å²) < 4.78 is 15.9. The highest BCUT2D eigenvalue weighted by molar-refractivity contribution is 6.09. The topological polar surface area (TPSA) is 56.8 Å². The van der Waals surface area contributed by atoms with Crippen molar-refractivity contribution < 1.29 is 19.0 Å². The van der Waals surface area contributed by atoms with E-state index in [9.17, 15) is 4.79 Å².